The van der Waals surface area contributed by atoms with E-state index in [0.717, 1.165) is 0 Å². The molecule has 1 rings (SSSR count). The molecule has 3 N–H and O–H groups in total. The summed E-state index contributed by atoms with van der Waals surface area (Å²) in [4.78, 5) is 0. The number of hydrazone groups is 1. The van der Waals surface area contributed by atoms with Gasteiger partial charge in [-0.15, -0.1) is 0 Å². The van der Waals surface area contributed by atoms with Crippen molar-refractivity contribution in [2.75, 3.05) is 7.05 Å². The van der Waals surface area contributed by atoms with Crippen LogP contribution in [0.25, 0.3) is 0 Å². The molecule has 0 aliphatic heterocycles. The Morgan fingerprint density at radius 3 is 3.00 bits per heavy atom. The fraction of sp³-hybridized carbons (Fsp3) is 0.111. The molecule has 0 bridgehead atoms. The molecule has 0 unspecified atom stereocenters. The van der Waals surface area contributed by atoms with Crippen LogP contribution >= 0.6 is 23.8 Å². The summed E-state index contributed by atoms with van der Waals surface area (Å²) in [7, 11) is 1.68. The number of aromatic hydroxyl groups is 1. The Balaban J connectivity index is 2.71. The minimum absolute atomic E-state index is 0.111. The lowest BCUT2D eigenvalue weighted by atomic mass is 10.2. The highest BCUT2D eigenvalue weighted by Crippen LogP contribution is 2.19. The van der Waals surface area contributed by atoms with Gasteiger partial charge in [-0.05, 0) is 30.4 Å². The highest BCUT2D eigenvalue weighted by Gasteiger charge is 1.98. The molecule has 0 saturated carbocycles. The van der Waals surface area contributed by atoms with Crippen molar-refractivity contribution in [2.24, 2.45) is 5.10 Å². The predicted octanol–water partition coefficient (Wildman–Crippen LogP) is 1.47. The van der Waals surface area contributed by atoms with Crippen LogP contribution in [-0.4, -0.2) is 23.5 Å². The lowest BCUT2D eigenvalue weighted by molar-refractivity contribution is 0.474. The van der Waals surface area contributed by atoms with Crippen molar-refractivity contribution in [3.63, 3.8) is 0 Å². The quantitative estimate of drug-likeness (QED) is 0.418. The maximum Gasteiger partial charge on any atom is 0.186 e. The molecule has 80 valence electrons. The van der Waals surface area contributed by atoms with Gasteiger partial charge in [0.1, 0.15) is 5.75 Å². The van der Waals surface area contributed by atoms with E-state index in [0.29, 0.717) is 15.7 Å². The highest BCUT2D eigenvalue weighted by molar-refractivity contribution is 7.80. The average molecular weight is 244 g/mol. The molecule has 4 nitrogen and oxygen atoms in total. The Morgan fingerprint density at radius 2 is 2.33 bits per heavy atom. The summed E-state index contributed by atoms with van der Waals surface area (Å²) in [6.45, 7) is 0. The number of phenols is 1. The second-order valence-corrected chi connectivity index (χ2v) is 3.50. The topological polar surface area (TPSA) is 56.7 Å². The summed E-state index contributed by atoms with van der Waals surface area (Å²) >= 11 is 10.6. The molecule has 1 aromatic rings. The summed E-state index contributed by atoms with van der Waals surface area (Å²) in [6.07, 6.45) is 1.44. The minimum atomic E-state index is 0.111. The third-order valence-corrected chi connectivity index (χ3v) is 2.12. The molecule has 0 aliphatic carbocycles. The number of hydrogen-bond donors (Lipinski definition) is 3. The van der Waals surface area contributed by atoms with Crippen LogP contribution in [0.15, 0.2) is 23.3 Å². The lowest BCUT2D eigenvalue weighted by Crippen LogP contribution is -2.28. The van der Waals surface area contributed by atoms with Crippen LogP contribution in [-0.2, 0) is 0 Å². The molecule has 1 aromatic carbocycles. The molecule has 0 aromatic heterocycles. The van der Waals surface area contributed by atoms with Crippen molar-refractivity contribution in [3.05, 3.63) is 28.8 Å². The molecule has 15 heavy (non-hydrogen) atoms. The van der Waals surface area contributed by atoms with Gasteiger partial charge in [0, 0.05) is 17.6 Å². The van der Waals surface area contributed by atoms with E-state index >= 15 is 0 Å². The molecule has 0 aliphatic rings. The van der Waals surface area contributed by atoms with E-state index in [4.69, 9.17) is 23.8 Å². The van der Waals surface area contributed by atoms with Gasteiger partial charge in [-0.25, -0.2) is 0 Å². The fourth-order valence-electron chi connectivity index (χ4n) is 0.845. The standard InChI is InChI=1S/C9H10ClN3OS/c1-11-9(15)13-12-5-6-4-7(10)2-3-8(6)14/h2-5,14H,1H3,(H2,11,13,15)/b12-5+. The predicted molar refractivity (Wildman–Crippen MR) is 65.5 cm³/mol. The first-order chi connectivity index (χ1) is 7.13. The Bertz CT molecular complexity index is 395. The first kappa shape index (κ1) is 11.7. The van der Waals surface area contributed by atoms with Gasteiger partial charge in [-0.3, -0.25) is 5.43 Å². The first-order valence-corrected chi connectivity index (χ1v) is 4.91. The van der Waals surface area contributed by atoms with E-state index in [1.165, 1.54) is 12.3 Å². The molecular formula is C9H10ClN3OS. The molecule has 0 radical (unpaired) electrons. The minimum Gasteiger partial charge on any atom is -0.507 e. The maximum atomic E-state index is 9.43. The van der Waals surface area contributed by atoms with Gasteiger partial charge in [0.2, 0.25) is 0 Å². The summed E-state index contributed by atoms with van der Waals surface area (Å²) in [5, 5.41) is 16.9. The Labute approximate surface area is 97.9 Å². The summed E-state index contributed by atoms with van der Waals surface area (Å²) in [5.74, 6) is 0.111. The normalized spacial score (nSPS) is 10.3. The molecule has 6 heteroatoms. The van der Waals surface area contributed by atoms with Crippen LogP contribution in [0.2, 0.25) is 5.02 Å². The van der Waals surface area contributed by atoms with Gasteiger partial charge in [0.25, 0.3) is 0 Å². The molecule has 0 fully saturated rings. The van der Waals surface area contributed by atoms with Gasteiger partial charge in [-0.2, -0.15) is 5.10 Å². The van der Waals surface area contributed by atoms with Gasteiger partial charge in [-0.1, -0.05) is 11.6 Å². The second kappa shape index (κ2) is 5.53. The van der Waals surface area contributed by atoms with Crippen molar-refractivity contribution < 1.29 is 5.11 Å². The molecule has 0 atom stereocenters. The summed E-state index contributed by atoms with van der Waals surface area (Å²) in [5.41, 5.74) is 3.09. The smallest absolute Gasteiger partial charge is 0.186 e. The number of nitrogens with zero attached hydrogens (tertiary/aromatic N) is 1. The molecular weight excluding hydrogens is 234 g/mol. The number of hydrogen-bond acceptors (Lipinski definition) is 3. The molecule has 0 heterocycles. The van der Waals surface area contributed by atoms with E-state index in [-0.39, 0.29) is 5.75 Å². The zero-order valence-electron chi connectivity index (χ0n) is 7.99. The molecule has 0 spiro atoms. The van der Waals surface area contributed by atoms with Crippen molar-refractivity contribution in [2.45, 2.75) is 0 Å². The van der Waals surface area contributed by atoms with E-state index in [1.54, 1.807) is 19.2 Å². The number of benzene rings is 1. The van der Waals surface area contributed by atoms with Crippen molar-refractivity contribution in [3.8, 4) is 5.75 Å². The largest absolute Gasteiger partial charge is 0.507 e. The van der Waals surface area contributed by atoms with E-state index in [2.05, 4.69) is 15.8 Å². The number of phenolic OH excluding ortho intramolecular Hbond substituents is 1. The number of halogens is 1. The summed E-state index contributed by atoms with van der Waals surface area (Å²) in [6, 6.07) is 4.70. The lowest BCUT2D eigenvalue weighted by Gasteiger charge is -2.01. The SMILES string of the molecule is CNC(=S)N/N=C/c1cc(Cl)ccc1O. The van der Waals surface area contributed by atoms with Crippen molar-refractivity contribution in [1.29, 1.82) is 0 Å². The Morgan fingerprint density at radius 1 is 1.60 bits per heavy atom. The van der Waals surface area contributed by atoms with Gasteiger partial charge < -0.3 is 10.4 Å². The van der Waals surface area contributed by atoms with Crippen molar-refractivity contribution >= 4 is 35.1 Å². The number of nitrogens with one attached hydrogen (secondary N) is 2. The first-order valence-electron chi connectivity index (χ1n) is 4.13. The van der Waals surface area contributed by atoms with Crippen molar-refractivity contribution in [1.82, 2.24) is 10.7 Å². The number of rotatable bonds is 2. The van der Waals surface area contributed by atoms with Crippen LogP contribution < -0.4 is 10.7 Å². The van der Waals surface area contributed by atoms with Crippen LogP contribution in [0.4, 0.5) is 0 Å². The van der Waals surface area contributed by atoms with E-state index in [9.17, 15) is 5.11 Å². The zero-order valence-corrected chi connectivity index (χ0v) is 9.56. The average Bonchev–Trinajstić information content (AvgIpc) is 2.23. The third kappa shape index (κ3) is 3.73. The summed E-state index contributed by atoms with van der Waals surface area (Å²) < 4.78 is 0. The van der Waals surface area contributed by atoms with E-state index < -0.39 is 0 Å². The molecule has 0 saturated heterocycles. The van der Waals surface area contributed by atoms with Gasteiger partial charge in [0.05, 0.1) is 6.21 Å². The third-order valence-electron chi connectivity index (χ3n) is 1.59. The van der Waals surface area contributed by atoms with Gasteiger partial charge >= 0.3 is 0 Å². The van der Waals surface area contributed by atoms with Crippen LogP contribution in [0.3, 0.4) is 0 Å². The van der Waals surface area contributed by atoms with Gasteiger partial charge in [0.15, 0.2) is 5.11 Å². The maximum absolute atomic E-state index is 9.43. The number of thiocarbonyl (C=S) groups is 1. The van der Waals surface area contributed by atoms with Crippen LogP contribution in [0.1, 0.15) is 5.56 Å². The zero-order chi connectivity index (χ0) is 11.3. The highest BCUT2D eigenvalue weighted by atomic mass is 35.5. The van der Waals surface area contributed by atoms with Crippen LogP contribution in [0, 0.1) is 0 Å². The second-order valence-electron chi connectivity index (χ2n) is 2.65. The van der Waals surface area contributed by atoms with E-state index in [1.807, 2.05) is 0 Å². The monoisotopic (exact) mass is 243 g/mol. The Kier molecular flexibility index (Phi) is 4.33. The fourth-order valence-corrected chi connectivity index (χ4v) is 1.08. The molecule has 0 amide bonds. The Hall–Kier alpha value is -1.33. The van der Waals surface area contributed by atoms with Crippen LogP contribution in [0.5, 0.6) is 5.75 Å².